The molecule has 3 aliphatic rings. The molecule has 0 aliphatic heterocycles. The molecule has 0 fully saturated rings. The molecule has 0 bridgehead atoms. The molecule has 3 atom stereocenters. The maximum atomic E-state index is 5.97. The van der Waals surface area contributed by atoms with Crippen LogP contribution in [0.1, 0.15) is 67.8 Å². The van der Waals surface area contributed by atoms with Crippen LogP contribution in [0.2, 0.25) is 0 Å². The Kier molecular flexibility index (Phi) is 9.51. The molecule has 0 aromatic heterocycles. The molecule has 10 rings (SSSR count). The van der Waals surface area contributed by atoms with E-state index in [-0.39, 0.29) is 17.8 Å². The van der Waals surface area contributed by atoms with Crippen molar-refractivity contribution in [2.45, 2.75) is 37.0 Å². The molecule has 0 saturated carbocycles. The van der Waals surface area contributed by atoms with Crippen molar-refractivity contribution >= 4 is 0 Å². The standard InChI is InChI=1S/C54H48O6/c1-55-34-13-7-31(8-14-34)25-46-43-28-37(58-4)19-22-40(43)49-52(46)50-41-23-20-38(59-5)29-44(41)47(26-32-9-15-35(56-2)16-10-32)54(50)51-42-24-21-39(60-6)30-45(42)48(53(49)51)27-33-11-17-36(57-3)18-12-33/h7-24,28-30,46-48H,25-27H2,1-6H3. The van der Waals surface area contributed by atoms with Crippen molar-refractivity contribution in [1.82, 2.24) is 0 Å². The summed E-state index contributed by atoms with van der Waals surface area (Å²) in [5.74, 6) is 5.33. The highest BCUT2D eigenvalue weighted by Gasteiger charge is 2.47. The van der Waals surface area contributed by atoms with Crippen LogP contribution in [0.3, 0.4) is 0 Å². The van der Waals surface area contributed by atoms with E-state index in [1.807, 2.05) is 0 Å². The highest BCUT2D eigenvalue weighted by atomic mass is 16.5. The van der Waals surface area contributed by atoms with E-state index in [4.69, 9.17) is 28.4 Å². The lowest BCUT2D eigenvalue weighted by molar-refractivity contribution is 0.414. The van der Waals surface area contributed by atoms with E-state index in [0.717, 1.165) is 53.8 Å². The number of fused-ring (bicyclic) bond motifs is 12. The molecule has 60 heavy (non-hydrogen) atoms. The quantitative estimate of drug-likeness (QED) is 0.123. The molecule has 300 valence electrons. The smallest absolute Gasteiger partial charge is 0.119 e. The zero-order valence-electron chi connectivity index (χ0n) is 34.9. The van der Waals surface area contributed by atoms with E-state index in [1.54, 1.807) is 42.7 Å². The number of hydrogen-bond donors (Lipinski definition) is 0. The third-order valence-corrected chi connectivity index (χ3v) is 13.2. The van der Waals surface area contributed by atoms with Crippen LogP contribution in [0, 0.1) is 0 Å². The molecule has 0 heterocycles. The summed E-state index contributed by atoms with van der Waals surface area (Å²) >= 11 is 0. The highest BCUT2D eigenvalue weighted by molar-refractivity contribution is 6.03. The predicted octanol–water partition coefficient (Wildman–Crippen LogP) is 11.8. The van der Waals surface area contributed by atoms with Crippen LogP contribution in [0.15, 0.2) is 127 Å². The number of rotatable bonds is 12. The van der Waals surface area contributed by atoms with Crippen LogP contribution in [-0.4, -0.2) is 42.7 Å². The fraction of sp³-hybridized carbons (Fsp3) is 0.222. The maximum Gasteiger partial charge on any atom is 0.119 e. The van der Waals surface area contributed by atoms with Gasteiger partial charge >= 0.3 is 0 Å². The first-order valence-electron chi connectivity index (χ1n) is 20.6. The Morgan fingerprint density at radius 2 is 0.533 bits per heavy atom. The third kappa shape index (κ3) is 6.08. The molecule has 6 nitrogen and oxygen atoms in total. The molecule has 0 saturated heterocycles. The Bertz CT molecular complexity index is 2430. The second-order valence-electron chi connectivity index (χ2n) is 16.0. The summed E-state index contributed by atoms with van der Waals surface area (Å²) in [5.41, 5.74) is 19.7. The summed E-state index contributed by atoms with van der Waals surface area (Å²) in [7, 11) is 10.5. The van der Waals surface area contributed by atoms with Gasteiger partial charge in [-0.1, -0.05) is 54.6 Å². The molecule has 0 amide bonds. The Morgan fingerprint density at radius 3 is 0.767 bits per heavy atom. The van der Waals surface area contributed by atoms with Crippen molar-refractivity contribution < 1.29 is 28.4 Å². The zero-order valence-corrected chi connectivity index (χ0v) is 34.9. The zero-order chi connectivity index (χ0) is 41.1. The molecular weight excluding hydrogens is 745 g/mol. The highest BCUT2D eigenvalue weighted by Crippen LogP contribution is 2.66. The number of methoxy groups -OCH3 is 6. The van der Waals surface area contributed by atoms with Gasteiger partial charge in [0.05, 0.1) is 42.7 Å². The molecule has 7 aromatic rings. The summed E-state index contributed by atoms with van der Waals surface area (Å²) in [4.78, 5) is 0. The average Bonchev–Trinajstić information content (AvgIpc) is 3.91. The van der Waals surface area contributed by atoms with Crippen molar-refractivity contribution in [3.8, 4) is 67.9 Å². The van der Waals surface area contributed by atoms with Crippen LogP contribution in [0.4, 0.5) is 0 Å². The molecular formula is C54H48O6. The number of ether oxygens (including phenoxy) is 6. The van der Waals surface area contributed by atoms with Crippen molar-refractivity contribution in [3.63, 3.8) is 0 Å². The lowest BCUT2D eigenvalue weighted by Gasteiger charge is -2.25. The average molecular weight is 793 g/mol. The summed E-state index contributed by atoms with van der Waals surface area (Å²) in [6.07, 6.45) is 2.46. The normalized spacial score (nSPS) is 16.2. The molecule has 3 aliphatic carbocycles. The predicted molar refractivity (Wildman–Crippen MR) is 238 cm³/mol. The minimum Gasteiger partial charge on any atom is -0.497 e. The first-order chi connectivity index (χ1) is 29.4. The molecule has 6 heteroatoms. The fourth-order valence-corrected chi connectivity index (χ4v) is 10.4. The van der Waals surface area contributed by atoms with Crippen LogP contribution in [0.25, 0.3) is 33.4 Å². The third-order valence-electron chi connectivity index (χ3n) is 13.2. The van der Waals surface area contributed by atoms with Gasteiger partial charge in [0.25, 0.3) is 0 Å². The van der Waals surface area contributed by atoms with Gasteiger partial charge in [0, 0.05) is 17.8 Å². The fourth-order valence-electron chi connectivity index (χ4n) is 10.4. The maximum absolute atomic E-state index is 5.97. The van der Waals surface area contributed by atoms with Gasteiger partial charge in [0.1, 0.15) is 34.5 Å². The van der Waals surface area contributed by atoms with E-state index < -0.39 is 0 Å². The monoisotopic (exact) mass is 792 g/mol. The largest absolute Gasteiger partial charge is 0.497 e. The van der Waals surface area contributed by atoms with Crippen LogP contribution in [-0.2, 0) is 19.3 Å². The van der Waals surface area contributed by atoms with Crippen LogP contribution in [0.5, 0.6) is 34.5 Å². The lowest BCUT2D eigenvalue weighted by atomic mass is 9.77. The van der Waals surface area contributed by atoms with Gasteiger partial charge in [0.2, 0.25) is 0 Å². The Morgan fingerprint density at radius 1 is 0.300 bits per heavy atom. The van der Waals surface area contributed by atoms with Gasteiger partial charge in [-0.15, -0.1) is 0 Å². The van der Waals surface area contributed by atoms with Crippen molar-refractivity contribution in [3.05, 3.63) is 177 Å². The van der Waals surface area contributed by atoms with Gasteiger partial charge in [-0.05, 0) is 176 Å². The van der Waals surface area contributed by atoms with Gasteiger partial charge < -0.3 is 28.4 Å². The van der Waals surface area contributed by atoms with Crippen LogP contribution < -0.4 is 28.4 Å². The van der Waals surface area contributed by atoms with Crippen LogP contribution >= 0.6 is 0 Å². The molecule has 0 radical (unpaired) electrons. The number of hydrogen-bond acceptors (Lipinski definition) is 6. The minimum atomic E-state index is 0.0621. The Balaban J connectivity index is 1.30. The summed E-state index contributed by atoms with van der Waals surface area (Å²) in [6.45, 7) is 0. The van der Waals surface area contributed by atoms with Gasteiger partial charge in [0.15, 0.2) is 0 Å². The van der Waals surface area contributed by atoms with E-state index in [2.05, 4.69) is 127 Å². The Labute approximate surface area is 352 Å². The van der Waals surface area contributed by atoms with Crippen molar-refractivity contribution in [2.75, 3.05) is 42.7 Å². The molecule has 0 N–H and O–H groups in total. The van der Waals surface area contributed by atoms with Crippen molar-refractivity contribution in [1.29, 1.82) is 0 Å². The van der Waals surface area contributed by atoms with Gasteiger partial charge in [-0.3, -0.25) is 0 Å². The van der Waals surface area contributed by atoms with Crippen molar-refractivity contribution in [2.24, 2.45) is 0 Å². The summed E-state index contributed by atoms with van der Waals surface area (Å²) in [5, 5.41) is 0. The SMILES string of the molecule is COc1ccc(CC2c3cc(OC)ccc3-c3c2c2c(c4c3C(Cc3ccc(OC)cc3)c3cc(OC)ccc3-4)C(Cc3ccc(OC)cc3)c3cc(OC)ccc3-2)cc1. The lowest BCUT2D eigenvalue weighted by Crippen LogP contribution is -2.09. The molecule has 0 spiro atoms. The first-order valence-corrected chi connectivity index (χ1v) is 20.6. The number of benzene rings is 7. The summed E-state index contributed by atoms with van der Waals surface area (Å²) < 4.78 is 34.7. The second kappa shape index (κ2) is 15.2. The molecule has 3 unspecified atom stereocenters. The summed E-state index contributed by atoms with van der Waals surface area (Å²) in [6, 6.07) is 45.9. The van der Waals surface area contributed by atoms with E-state index >= 15 is 0 Å². The minimum absolute atomic E-state index is 0.0621. The topological polar surface area (TPSA) is 55.4 Å². The molecule has 7 aromatic carbocycles. The second-order valence-corrected chi connectivity index (χ2v) is 16.0. The Hall–Kier alpha value is -6.66. The van der Waals surface area contributed by atoms with E-state index in [9.17, 15) is 0 Å². The van der Waals surface area contributed by atoms with Gasteiger partial charge in [-0.2, -0.15) is 0 Å². The first kappa shape index (κ1) is 37.6. The van der Waals surface area contributed by atoms with E-state index in [0.29, 0.717) is 0 Å². The van der Waals surface area contributed by atoms with E-state index in [1.165, 1.54) is 83.5 Å². The van der Waals surface area contributed by atoms with Gasteiger partial charge in [-0.25, -0.2) is 0 Å².